The SMILES string of the molecule is Cc1ccc(O)c(CNCC(CC(C)C)N(C)C)n1. The molecule has 0 saturated carbocycles. The van der Waals surface area contributed by atoms with E-state index >= 15 is 0 Å². The van der Waals surface area contributed by atoms with Crippen LogP contribution < -0.4 is 5.32 Å². The highest BCUT2D eigenvalue weighted by molar-refractivity contribution is 5.27. The van der Waals surface area contributed by atoms with Crippen LogP contribution in [0.5, 0.6) is 5.75 Å². The molecule has 0 aliphatic rings. The first-order valence-corrected chi connectivity index (χ1v) is 6.92. The molecule has 1 unspecified atom stereocenters. The Kier molecular flexibility index (Phi) is 6.25. The Hall–Kier alpha value is -1.13. The molecule has 2 N–H and O–H groups in total. The van der Waals surface area contributed by atoms with Crippen LogP contribution in [0.1, 0.15) is 31.7 Å². The van der Waals surface area contributed by atoms with Gasteiger partial charge in [-0.3, -0.25) is 4.98 Å². The van der Waals surface area contributed by atoms with E-state index in [1.54, 1.807) is 6.07 Å². The maximum atomic E-state index is 9.74. The van der Waals surface area contributed by atoms with Gasteiger partial charge in [0.25, 0.3) is 0 Å². The van der Waals surface area contributed by atoms with Gasteiger partial charge in [0.15, 0.2) is 0 Å². The fraction of sp³-hybridized carbons (Fsp3) is 0.667. The van der Waals surface area contributed by atoms with E-state index in [9.17, 15) is 5.11 Å². The molecule has 1 atom stereocenters. The Labute approximate surface area is 116 Å². The summed E-state index contributed by atoms with van der Waals surface area (Å²) in [5.41, 5.74) is 1.66. The molecule has 1 heterocycles. The van der Waals surface area contributed by atoms with Crippen molar-refractivity contribution in [1.82, 2.24) is 15.2 Å². The van der Waals surface area contributed by atoms with Crippen LogP contribution in [-0.4, -0.2) is 41.7 Å². The number of aryl methyl sites for hydroxylation is 1. The van der Waals surface area contributed by atoms with E-state index in [-0.39, 0.29) is 5.75 Å². The molecule has 1 aromatic rings. The highest BCUT2D eigenvalue weighted by Crippen LogP contribution is 2.14. The zero-order valence-electron chi connectivity index (χ0n) is 12.8. The average Bonchev–Trinajstić information content (AvgIpc) is 2.31. The van der Waals surface area contributed by atoms with Crippen LogP contribution in [-0.2, 0) is 6.54 Å². The fourth-order valence-electron chi connectivity index (χ4n) is 2.11. The fourth-order valence-corrected chi connectivity index (χ4v) is 2.11. The van der Waals surface area contributed by atoms with Gasteiger partial charge in [-0.1, -0.05) is 13.8 Å². The van der Waals surface area contributed by atoms with Crippen LogP contribution in [0.3, 0.4) is 0 Å². The van der Waals surface area contributed by atoms with E-state index in [4.69, 9.17) is 0 Å². The van der Waals surface area contributed by atoms with E-state index in [0.29, 0.717) is 18.5 Å². The third-order valence-corrected chi connectivity index (χ3v) is 3.24. The predicted molar refractivity (Wildman–Crippen MR) is 79.3 cm³/mol. The topological polar surface area (TPSA) is 48.4 Å². The first kappa shape index (κ1) is 15.9. The second-order valence-corrected chi connectivity index (χ2v) is 5.80. The summed E-state index contributed by atoms with van der Waals surface area (Å²) in [7, 11) is 4.22. The third-order valence-electron chi connectivity index (χ3n) is 3.24. The molecule has 0 spiro atoms. The maximum Gasteiger partial charge on any atom is 0.138 e. The molecule has 0 radical (unpaired) electrons. The van der Waals surface area contributed by atoms with Gasteiger partial charge < -0.3 is 15.3 Å². The maximum absolute atomic E-state index is 9.74. The predicted octanol–water partition coefficient (Wildman–Crippen LogP) is 2.16. The van der Waals surface area contributed by atoms with Crippen LogP contribution in [0, 0.1) is 12.8 Å². The molecule has 4 heteroatoms. The summed E-state index contributed by atoms with van der Waals surface area (Å²) in [6, 6.07) is 4.03. The average molecular weight is 265 g/mol. The standard InChI is InChI=1S/C15H27N3O/c1-11(2)8-13(18(4)5)9-16-10-14-15(19)7-6-12(3)17-14/h6-7,11,13,16,19H,8-10H2,1-5H3. The lowest BCUT2D eigenvalue weighted by Crippen LogP contribution is -2.38. The van der Waals surface area contributed by atoms with Crippen LogP contribution in [0.25, 0.3) is 0 Å². The summed E-state index contributed by atoms with van der Waals surface area (Å²) in [6.07, 6.45) is 1.16. The van der Waals surface area contributed by atoms with Gasteiger partial charge in [0.2, 0.25) is 0 Å². The molecule has 0 amide bonds. The molecule has 1 rings (SSSR count). The van der Waals surface area contributed by atoms with Gasteiger partial charge in [-0.05, 0) is 45.5 Å². The third kappa shape index (κ3) is 5.57. The molecule has 0 aliphatic carbocycles. The van der Waals surface area contributed by atoms with Crippen molar-refractivity contribution in [3.8, 4) is 5.75 Å². The van der Waals surface area contributed by atoms with Crippen molar-refractivity contribution in [3.63, 3.8) is 0 Å². The summed E-state index contributed by atoms with van der Waals surface area (Å²) >= 11 is 0. The first-order chi connectivity index (χ1) is 8.90. The zero-order valence-corrected chi connectivity index (χ0v) is 12.8. The second kappa shape index (κ2) is 7.46. The summed E-state index contributed by atoms with van der Waals surface area (Å²) in [6.45, 7) is 7.93. The minimum Gasteiger partial charge on any atom is -0.506 e. The Balaban J connectivity index is 2.49. The van der Waals surface area contributed by atoms with Crippen molar-refractivity contribution in [2.24, 2.45) is 5.92 Å². The molecule has 0 saturated heterocycles. The summed E-state index contributed by atoms with van der Waals surface area (Å²) in [5.74, 6) is 0.947. The summed E-state index contributed by atoms with van der Waals surface area (Å²) < 4.78 is 0. The van der Waals surface area contributed by atoms with Crippen molar-refractivity contribution in [1.29, 1.82) is 0 Å². The number of hydrogen-bond acceptors (Lipinski definition) is 4. The Morgan fingerprint density at radius 2 is 2.00 bits per heavy atom. The Morgan fingerprint density at radius 3 is 2.58 bits per heavy atom. The summed E-state index contributed by atoms with van der Waals surface area (Å²) in [4.78, 5) is 6.60. The van der Waals surface area contributed by atoms with Gasteiger partial charge in [0.05, 0.1) is 5.69 Å². The van der Waals surface area contributed by atoms with E-state index < -0.39 is 0 Å². The molecule has 19 heavy (non-hydrogen) atoms. The molecule has 0 bridgehead atoms. The lowest BCUT2D eigenvalue weighted by molar-refractivity contribution is 0.246. The van der Waals surface area contributed by atoms with Crippen molar-refractivity contribution >= 4 is 0 Å². The lowest BCUT2D eigenvalue weighted by Gasteiger charge is -2.26. The number of nitrogens with zero attached hydrogens (tertiary/aromatic N) is 2. The van der Waals surface area contributed by atoms with Crippen molar-refractivity contribution < 1.29 is 5.11 Å². The minimum absolute atomic E-state index is 0.267. The van der Waals surface area contributed by atoms with Gasteiger partial charge in [0, 0.05) is 24.8 Å². The van der Waals surface area contributed by atoms with E-state index in [0.717, 1.165) is 24.4 Å². The van der Waals surface area contributed by atoms with Crippen LogP contribution in [0.2, 0.25) is 0 Å². The molecule has 1 aromatic heterocycles. The zero-order chi connectivity index (χ0) is 14.4. The van der Waals surface area contributed by atoms with Gasteiger partial charge in [-0.15, -0.1) is 0 Å². The van der Waals surface area contributed by atoms with Gasteiger partial charge >= 0.3 is 0 Å². The number of nitrogens with one attached hydrogen (secondary N) is 1. The number of rotatable bonds is 7. The van der Waals surface area contributed by atoms with Crippen LogP contribution in [0.15, 0.2) is 12.1 Å². The molecular formula is C15H27N3O. The number of hydrogen-bond donors (Lipinski definition) is 2. The minimum atomic E-state index is 0.267. The quantitative estimate of drug-likeness (QED) is 0.793. The molecule has 4 nitrogen and oxygen atoms in total. The molecule has 108 valence electrons. The Morgan fingerprint density at radius 1 is 1.32 bits per heavy atom. The monoisotopic (exact) mass is 265 g/mol. The van der Waals surface area contributed by atoms with Crippen molar-refractivity contribution in [2.45, 2.75) is 39.8 Å². The highest BCUT2D eigenvalue weighted by Gasteiger charge is 2.13. The molecule has 0 aliphatic heterocycles. The first-order valence-electron chi connectivity index (χ1n) is 6.92. The number of likely N-dealkylation sites (N-methyl/N-ethyl adjacent to an activating group) is 1. The van der Waals surface area contributed by atoms with E-state index in [1.165, 1.54) is 0 Å². The Bertz CT molecular complexity index is 391. The lowest BCUT2D eigenvalue weighted by atomic mass is 10.0. The second-order valence-electron chi connectivity index (χ2n) is 5.80. The van der Waals surface area contributed by atoms with Crippen molar-refractivity contribution in [2.75, 3.05) is 20.6 Å². The largest absolute Gasteiger partial charge is 0.506 e. The molecule has 0 aromatic carbocycles. The van der Waals surface area contributed by atoms with Crippen LogP contribution >= 0.6 is 0 Å². The number of aromatic hydroxyl groups is 1. The highest BCUT2D eigenvalue weighted by atomic mass is 16.3. The van der Waals surface area contributed by atoms with E-state index in [2.05, 4.69) is 43.1 Å². The van der Waals surface area contributed by atoms with Crippen molar-refractivity contribution in [3.05, 3.63) is 23.5 Å². The number of pyridine rings is 1. The smallest absolute Gasteiger partial charge is 0.138 e. The van der Waals surface area contributed by atoms with Gasteiger partial charge in [-0.2, -0.15) is 0 Å². The van der Waals surface area contributed by atoms with Gasteiger partial charge in [-0.25, -0.2) is 0 Å². The normalized spacial score (nSPS) is 13.2. The molecule has 0 fully saturated rings. The summed E-state index contributed by atoms with van der Waals surface area (Å²) in [5, 5.41) is 13.1. The molecular weight excluding hydrogens is 238 g/mol. The van der Waals surface area contributed by atoms with E-state index in [1.807, 2.05) is 13.0 Å². The van der Waals surface area contributed by atoms with Crippen LogP contribution in [0.4, 0.5) is 0 Å². The number of aromatic nitrogens is 1. The van der Waals surface area contributed by atoms with Gasteiger partial charge in [0.1, 0.15) is 5.75 Å².